The van der Waals surface area contributed by atoms with E-state index >= 15 is 0 Å². The second-order valence-electron chi connectivity index (χ2n) is 7.63. The van der Waals surface area contributed by atoms with E-state index < -0.39 is 6.67 Å². The van der Waals surface area contributed by atoms with Gasteiger partial charge in [0.15, 0.2) is 11.6 Å². The van der Waals surface area contributed by atoms with Crippen molar-refractivity contribution in [1.82, 2.24) is 29.5 Å². The van der Waals surface area contributed by atoms with E-state index in [2.05, 4.69) is 32.4 Å². The topological polar surface area (TPSA) is 96.7 Å². The minimum atomic E-state index is -0.554. The van der Waals surface area contributed by atoms with E-state index in [1.54, 1.807) is 17.1 Å². The van der Waals surface area contributed by atoms with E-state index in [-0.39, 0.29) is 18.5 Å². The number of imidazole rings is 1. The van der Waals surface area contributed by atoms with Crippen LogP contribution in [0.5, 0.6) is 5.75 Å². The fraction of sp³-hybridized carbons (Fsp3) is 0.273. The molecule has 5 rings (SSSR count). The number of hydrogen-bond donors (Lipinski definition) is 1. The Balaban J connectivity index is 1.77. The number of pyridine rings is 1. The van der Waals surface area contributed by atoms with Crippen LogP contribution in [0.1, 0.15) is 29.8 Å². The van der Waals surface area contributed by atoms with Gasteiger partial charge in [-0.05, 0) is 19.9 Å². The monoisotopic (exact) mass is 419 g/mol. The number of benzene rings is 1. The van der Waals surface area contributed by atoms with Crippen molar-refractivity contribution in [2.75, 3.05) is 12.4 Å². The Morgan fingerprint density at radius 3 is 2.97 bits per heavy atom. The second-order valence-corrected chi connectivity index (χ2v) is 7.63. The molecule has 0 saturated heterocycles. The molecule has 0 aliphatic carbocycles. The van der Waals surface area contributed by atoms with Gasteiger partial charge in [-0.3, -0.25) is 0 Å². The van der Waals surface area contributed by atoms with Crippen LogP contribution >= 0.6 is 0 Å². The molecule has 1 aliphatic rings. The van der Waals surface area contributed by atoms with Crippen LogP contribution in [-0.4, -0.2) is 36.2 Å². The largest absolute Gasteiger partial charge is 0.482 e. The van der Waals surface area contributed by atoms with Gasteiger partial charge in [0, 0.05) is 35.3 Å². The lowest BCUT2D eigenvalue weighted by Gasteiger charge is -2.21. The molecule has 0 fully saturated rings. The second kappa shape index (κ2) is 7.50. The Labute approximate surface area is 178 Å². The van der Waals surface area contributed by atoms with Crippen molar-refractivity contribution < 1.29 is 9.13 Å². The van der Waals surface area contributed by atoms with Gasteiger partial charge < -0.3 is 15.0 Å². The highest BCUT2D eigenvalue weighted by molar-refractivity contribution is 5.67. The third kappa shape index (κ3) is 3.31. The Morgan fingerprint density at radius 2 is 2.13 bits per heavy atom. The third-order valence-corrected chi connectivity index (χ3v) is 5.48. The zero-order valence-corrected chi connectivity index (χ0v) is 17.3. The van der Waals surface area contributed by atoms with Crippen LogP contribution in [0.4, 0.5) is 10.2 Å². The SMILES string of the molecule is Cc1ccc2c(c1)C(C)Oc1cc(cnc1N)-c1c(nnn1CCF)Cn1ccnc1-2. The molecule has 0 spiro atoms. The molecule has 1 aromatic carbocycles. The highest BCUT2D eigenvalue weighted by Gasteiger charge is 2.23. The van der Waals surface area contributed by atoms with Crippen LogP contribution in [0.3, 0.4) is 0 Å². The molecule has 0 saturated carbocycles. The molecule has 158 valence electrons. The molecule has 4 heterocycles. The summed E-state index contributed by atoms with van der Waals surface area (Å²) in [6.45, 7) is 3.99. The Kier molecular flexibility index (Phi) is 4.65. The van der Waals surface area contributed by atoms with E-state index in [0.29, 0.717) is 23.7 Å². The fourth-order valence-corrected chi connectivity index (χ4v) is 4.01. The molecule has 1 unspecified atom stereocenters. The quantitative estimate of drug-likeness (QED) is 0.534. The molecule has 0 radical (unpaired) electrons. The van der Waals surface area contributed by atoms with Gasteiger partial charge in [0.2, 0.25) is 0 Å². The normalized spacial score (nSPS) is 15.1. The van der Waals surface area contributed by atoms with Gasteiger partial charge in [-0.15, -0.1) is 5.10 Å². The summed E-state index contributed by atoms with van der Waals surface area (Å²) in [4.78, 5) is 8.93. The molecule has 2 N–H and O–H groups in total. The summed E-state index contributed by atoms with van der Waals surface area (Å²) in [7, 11) is 0. The van der Waals surface area contributed by atoms with Crippen molar-refractivity contribution in [3.63, 3.8) is 0 Å². The van der Waals surface area contributed by atoms with Crippen molar-refractivity contribution in [3.05, 3.63) is 59.7 Å². The zero-order valence-electron chi connectivity index (χ0n) is 17.3. The predicted octanol–water partition coefficient (Wildman–Crippen LogP) is 3.57. The molecule has 1 atom stereocenters. The predicted molar refractivity (Wildman–Crippen MR) is 114 cm³/mol. The first kappa shape index (κ1) is 19.2. The fourth-order valence-electron chi connectivity index (χ4n) is 4.01. The van der Waals surface area contributed by atoms with Gasteiger partial charge in [-0.1, -0.05) is 29.0 Å². The molecule has 1 aliphatic heterocycles. The number of aromatic nitrogens is 6. The summed E-state index contributed by atoms with van der Waals surface area (Å²) in [6.07, 6.45) is 5.01. The number of fused-ring (bicyclic) bond motifs is 7. The van der Waals surface area contributed by atoms with Gasteiger partial charge in [-0.25, -0.2) is 19.0 Å². The number of nitrogens with zero attached hydrogens (tertiary/aromatic N) is 6. The molecule has 0 amide bonds. The van der Waals surface area contributed by atoms with Gasteiger partial charge in [0.05, 0.1) is 18.8 Å². The maximum absolute atomic E-state index is 13.2. The lowest BCUT2D eigenvalue weighted by molar-refractivity contribution is 0.228. The van der Waals surface area contributed by atoms with Gasteiger partial charge in [-0.2, -0.15) is 0 Å². The number of ether oxygens (including phenoxy) is 1. The van der Waals surface area contributed by atoms with E-state index in [4.69, 9.17) is 10.5 Å². The molecule has 8 nitrogen and oxygen atoms in total. The Bertz CT molecular complexity index is 1260. The summed E-state index contributed by atoms with van der Waals surface area (Å²) in [6, 6.07) is 8.02. The summed E-state index contributed by atoms with van der Waals surface area (Å²) in [5, 5.41) is 8.52. The highest BCUT2D eigenvalue weighted by atomic mass is 19.1. The van der Waals surface area contributed by atoms with Crippen LogP contribution in [0.2, 0.25) is 0 Å². The molecule has 3 aromatic heterocycles. The highest BCUT2D eigenvalue weighted by Crippen LogP contribution is 2.36. The first-order valence-corrected chi connectivity index (χ1v) is 10.1. The first-order chi connectivity index (χ1) is 15.0. The number of anilines is 1. The van der Waals surface area contributed by atoms with Crippen LogP contribution in [0.15, 0.2) is 42.9 Å². The lowest BCUT2D eigenvalue weighted by Crippen LogP contribution is -2.12. The lowest BCUT2D eigenvalue weighted by atomic mass is 9.99. The van der Waals surface area contributed by atoms with Crippen molar-refractivity contribution in [1.29, 1.82) is 0 Å². The average molecular weight is 419 g/mol. The zero-order chi connectivity index (χ0) is 21.5. The third-order valence-electron chi connectivity index (χ3n) is 5.48. The maximum atomic E-state index is 13.2. The van der Waals surface area contributed by atoms with Gasteiger partial charge >= 0.3 is 0 Å². The maximum Gasteiger partial charge on any atom is 0.166 e. The van der Waals surface area contributed by atoms with Crippen molar-refractivity contribution in [2.45, 2.75) is 33.0 Å². The Hall–Kier alpha value is -3.75. The van der Waals surface area contributed by atoms with Crippen molar-refractivity contribution in [2.24, 2.45) is 0 Å². The average Bonchev–Trinajstić information content (AvgIpc) is 3.37. The minimum absolute atomic E-state index is 0.0954. The first-order valence-electron chi connectivity index (χ1n) is 10.1. The number of halogens is 1. The van der Waals surface area contributed by atoms with Crippen LogP contribution < -0.4 is 10.5 Å². The smallest absolute Gasteiger partial charge is 0.166 e. The number of hydrogen-bond acceptors (Lipinski definition) is 6. The van der Waals surface area contributed by atoms with E-state index in [9.17, 15) is 4.39 Å². The summed E-state index contributed by atoms with van der Waals surface area (Å²) in [5.74, 6) is 1.54. The Morgan fingerprint density at radius 1 is 1.26 bits per heavy atom. The molecule has 9 heteroatoms. The molecule has 4 aromatic rings. The summed E-state index contributed by atoms with van der Waals surface area (Å²) in [5.41, 5.74) is 11.3. The van der Waals surface area contributed by atoms with E-state index in [1.807, 2.05) is 36.7 Å². The molecule has 2 bridgehead atoms. The summed E-state index contributed by atoms with van der Waals surface area (Å²) < 4.78 is 23.0. The number of rotatable bonds is 2. The van der Waals surface area contributed by atoms with Crippen LogP contribution in [-0.2, 0) is 13.1 Å². The van der Waals surface area contributed by atoms with E-state index in [0.717, 1.165) is 28.1 Å². The van der Waals surface area contributed by atoms with Crippen molar-refractivity contribution in [3.8, 4) is 28.4 Å². The minimum Gasteiger partial charge on any atom is -0.482 e. The van der Waals surface area contributed by atoms with Gasteiger partial charge in [0.1, 0.15) is 24.3 Å². The number of aryl methyl sites for hydroxylation is 2. The summed E-state index contributed by atoms with van der Waals surface area (Å²) >= 11 is 0. The number of alkyl halides is 1. The van der Waals surface area contributed by atoms with Crippen molar-refractivity contribution >= 4 is 5.82 Å². The molecule has 31 heavy (non-hydrogen) atoms. The molecular weight excluding hydrogens is 397 g/mol. The van der Waals surface area contributed by atoms with Crippen LogP contribution in [0, 0.1) is 6.92 Å². The van der Waals surface area contributed by atoms with Gasteiger partial charge in [0.25, 0.3) is 0 Å². The van der Waals surface area contributed by atoms with Crippen LogP contribution in [0.25, 0.3) is 22.6 Å². The van der Waals surface area contributed by atoms with E-state index in [1.165, 1.54) is 0 Å². The standard InChI is InChI=1S/C22H22FN7O/c1-13-3-4-16-17(9-13)14(2)31-19-10-15(11-26-21(19)24)20-18(27-28-30(20)7-5-23)12-29-8-6-25-22(16)29/h3-4,6,8-11,14H,5,7,12H2,1-2H3,(H2,24,26). The number of nitrogen functional groups attached to an aromatic ring is 1. The molecular formula is C22H22FN7O. The number of nitrogens with two attached hydrogens (primary N) is 1.